The predicted octanol–water partition coefficient (Wildman–Crippen LogP) is 1.88. The second kappa shape index (κ2) is 7.88. The molecule has 0 bridgehead atoms. The van der Waals surface area contributed by atoms with Gasteiger partial charge in [-0.3, -0.25) is 4.79 Å². The highest BCUT2D eigenvalue weighted by molar-refractivity contribution is 5.84. The molecule has 0 atom stereocenters. The predicted molar refractivity (Wildman–Crippen MR) is 83.8 cm³/mol. The van der Waals surface area contributed by atoms with Crippen LogP contribution in [0.15, 0.2) is 18.2 Å². The van der Waals surface area contributed by atoms with Crippen molar-refractivity contribution >= 4 is 5.91 Å². The molecule has 0 heterocycles. The quantitative estimate of drug-likeness (QED) is 0.718. The Balaban J connectivity index is 2.49. The Labute approximate surface area is 126 Å². The van der Waals surface area contributed by atoms with Crippen LogP contribution in [0.3, 0.4) is 0 Å². The highest BCUT2D eigenvalue weighted by atomic mass is 16.5. The Bertz CT molecular complexity index is 467. The van der Waals surface area contributed by atoms with Gasteiger partial charge in [-0.15, -0.1) is 0 Å². The maximum absolute atomic E-state index is 11.6. The summed E-state index contributed by atoms with van der Waals surface area (Å²) < 4.78 is 10.8. The number of nitrogens with two attached hydrogens (primary N) is 1. The Kier molecular flexibility index (Phi) is 6.49. The average molecular weight is 294 g/mol. The fourth-order valence-electron chi connectivity index (χ4n) is 1.87. The molecule has 3 N–H and O–H groups in total. The van der Waals surface area contributed by atoms with Gasteiger partial charge in [0, 0.05) is 6.54 Å². The molecule has 1 rings (SSSR count). The minimum atomic E-state index is -0.831. The third-order valence-corrected chi connectivity index (χ3v) is 3.04. The van der Waals surface area contributed by atoms with E-state index in [4.69, 9.17) is 15.2 Å². The van der Waals surface area contributed by atoms with Gasteiger partial charge in [-0.2, -0.15) is 0 Å². The van der Waals surface area contributed by atoms with Gasteiger partial charge < -0.3 is 20.5 Å². The molecule has 0 spiro atoms. The third-order valence-electron chi connectivity index (χ3n) is 3.04. The normalized spacial score (nSPS) is 11.1. The highest BCUT2D eigenvalue weighted by Gasteiger charge is 2.20. The van der Waals surface area contributed by atoms with E-state index < -0.39 is 5.54 Å². The lowest BCUT2D eigenvalue weighted by molar-refractivity contribution is -0.125. The molecule has 0 aliphatic carbocycles. The Morgan fingerprint density at radius 1 is 1.33 bits per heavy atom. The van der Waals surface area contributed by atoms with Crippen LogP contribution in [0.1, 0.15) is 32.8 Å². The van der Waals surface area contributed by atoms with E-state index >= 15 is 0 Å². The standard InChI is InChI=1S/C16H26N2O3/c1-5-21-14-11-12(8-9-13(14)20-4)7-6-10-18-15(19)16(2,3)17/h8-9,11H,5-7,10,17H2,1-4H3,(H,18,19). The number of hydrogen-bond donors (Lipinski definition) is 2. The van der Waals surface area contributed by atoms with Gasteiger partial charge in [0.25, 0.3) is 0 Å². The first-order chi connectivity index (χ1) is 9.88. The number of nitrogens with one attached hydrogen (secondary N) is 1. The number of methoxy groups -OCH3 is 1. The first-order valence-corrected chi connectivity index (χ1v) is 7.25. The fraction of sp³-hybridized carbons (Fsp3) is 0.562. The summed E-state index contributed by atoms with van der Waals surface area (Å²) in [6.07, 6.45) is 1.70. The number of rotatable bonds is 8. The smallest absolute Gasteiger partial charge is 0.239 e. The summed E-state index contributed by atoms with van der Waals surface area (Å²) in [6, 6.07) is 5.90. The van der Waals surface area contributed by atoms with E-state index in [-0.39, 0.29) is 5.91 Å². The van der Waals surface area contributed by atoms with Crippen LogP contribution in [-0.2, 0) is 11.2 Å². The minimum absolute atomic E-state index is 0.132. The third kappa shape index (κ3) is 5.63. The van der Waals surface area contributed by atoms with Crippen LogP contribution in [-0.4, -0.2) is 31.7 Å². The highest BCUT2D eigenvalue weighted by Crippen LogP contribution is 2.28. The maximum Gasteiger partial charge on any atom is 0.239 e. The van der Waals surface area contributed by atoms with Crippen molar-refractivity contribution in [2.45, 2.75) is 39.2 Å². The number of benzene rings is 1. The van der Waals surface area contributed by atoms with Crippen molar-refractivity contribution in [1.29, 1.82) is 0 Å². The summed E-state index contributed by atoms with van der Waals surface area (Å²) >= 11 is 0. The number of ether oxygens (including phenoxy) is 2. The molecule has 0 unspecified atom stereocenters. The SMILES string of the molecule is CCOc1cc(CCCNC(=O)C(C)(C)N)ccc1OC. The van der Waals surface area contributed by atoms with Crippen LogP contribution in [0.5, 0.6) is 11.5 Å². The summed E-state index contributed by atoms with van der Waals surface area (Å²) in [5, 5.41) is 2.84. The number of aryl methyl sites for hydroxylation is 1. The first-order valence-electron chi connectivity index (χ1n) is 7.25. The monoisotopic (exact) mass is 294 g/mol. The van der Waals surface area contributed by atoms with Crippen LogP contribution < -0.4 is 20.5 Å². The second-order valence-electron chi connectivity index (χ2n) is 5.50. The largest absolute Gasteiger partial charge is 0.493 e. The molecule has 1 amide bonds. The van der Waals surface area contributed by atoms with Gasteiger partial charge in [0.05, 0.1) is 19.3 Å². The molecule has 0 aromatic heterocycles. The fourth-order valence-corrected chi connectivity index (χ4v) is 1.87. The van der Waals surface area contributed by atoms with Crippen molar-refractivity contribution in [2.24, 2.45) is 5.73 Å². The maximum atomic E-state index is 11.6. The molecule has 1 aromatic carbocycles. The van der Waals surface area contributed by atoms with Crippen molar-refractivity contribution in [2.75, 3.05) is 20.3 Å². The van der Waals surface area contributed by atoms with Crippen LogP contribution in [0.2, 0.25) is 0 Å². The molecule has 118 valence electrons. The summed E-state index contributed by atoms with van der Waals surface area (Å²) in [5.74, 6) is 1.36. The minimum Gasteiger partial charge on any atom is -0.493 e. The molecular weight excluding hydrogens is 268 g/mol. The number of amides is 1. The zero-order valence-corrected chi connectivity index (χ0v) is 13.4. The van der Waals surface area contributed by atoms with Gasteiger partial charge in [0.15, 0.2) is 11.5 Å². The van der Waals surface area contributed by atoms with E-state index in [0.717, 1.165) is 29.9 Å². The molecule has 0 radical (unpaired) electrons. The van der Waals surface area contributed by atoms with Crippen molar-refractivity contribution < 1.29 is 14.3 Å². The molecule has 0 fully saturated rings. The van der Waals surface area contributed by atoms with E-state index in [1.165, 1.54) is 0 Å². The number of carbonyl (C=O) groups is 1. The molecule has 1 aromatic rings. The Morgan fingerprint density at radius 2 is 2.05 bits per heavy atom. The van der Waals surface area contributed by atoms with E-state index in [1.54, 1.807) is 21.0 Å². The zero-order chi connectivity index (χ0) is 15.9. The van der Waals surface area contributed by atoms with Gasteiger partial charge in [-0.1, -0.05) is 6.07 Å². The van der Waals surface area contributed by atoms with Crippen molar-refractivity contribution in [1.82, 2.24) is 5.32 Å². The summed E-state index contributed by atoms with van der Waals surface area (Å²) in [7, 11) is 1.63. The zero-order valence-electron chi connectivity index (χ0n) is 13.4. The average Bonchev–Trinajstić information content (AvgIpc) is 2.43. The Morgan fingerprint density at radius 3 is 2.62 bits per heavy atom. The lowest BCUT2D eigenvalue weighted by Gasteiger charge is -2.17. The van der Waals surface area contributed by atoms with Crippen molar-refractivity contribution in [3.8, 4) is 11.5 Å². The topological polar surface area (TPSA) is 73.6 Å². The lowest BCUT2D eigenvalue weighted by Crippen LogP contribution is -2.49. The second-order valence-corrected chi connectivity index (χ2v) is 5.50. The summed E-state index contributed by atoms with van der Waals surface area (Å²) in [4.78, 5) is 11.6. The van der Waals surface area contributed by atoms with Gasteiger partial charge in [0.1, 0.15) is 0 Å². The summed E-state index contributed by atoms with van der Waals surface area (Å²) in [6.45, 7) is 6.54. The van der Waals surface area contributed by atoms with Crippen LogP contribution >= 0.6 is 0 Å². The van der Waals surface area contributed by atoms with E-state index in [9.17, 15) is 4.79 Å². The molecule has 0 saturated carbocycles. The Hall–Kier alpha value is -1.75. The molecule has 21 heavy (non-hydrogen) atoms. The lowest BCUT2D eigenvalue weighted by atomic mass is 10.1. The van der Waals surface area contributed by atoms with Gasteiger partial charge in [0.2, 0.25) is 5.91 Å². The molecule has 0 aliphatic rings. The summed E-state index contributed by atoms with van der Waals surface area (Å²) in [5.41, 5.74) is 6.04. The van der Waals surface area contributed by atoms with Gasteiger partial charge >= 0.3 is 0 Å². The van der Waals surface area contributed by atoms with Gasteiger partial charge in [-0.05, 0) is 51.3 Å². The van der Waals surface area contributed by atoms with Gasteiger partial charge in [-0.25, -0.2) is 0 Å². The van der Waals surface area contributed by atoms with E-state index in [2.05, 4.69) is 5.32 Å². The number of carbonyl (C=O) groups excluding carboxylic acids is 1. The number of hydrogen-bond acceptors (Lipinski definition) is 4. The van der Waals surface area contributed by atoms with Crippen LogP contribution in [0.4, 0.5) is 0 Å². The molecular formula is C16H26N2O3. The van der Waals surface area contributed by atoms with Crippen molar-refractivity contribution in [3.05, 3.63) is 23.8 Å². The molecule has 5 nitrogen and oxygen atoms in total. The molecule has 0 saturated heterocycles. The van der Waals surface area contributed by atoms with Crippen LogP contribution in [0.25, 0.3) is 0 Å². The molecule has 5 heteroatoms. The molecule has 0 aliphatic heterocycles. The van der Waals surface area contributed by atoms with E-state index in [0.29, 0.717) is 13.2 Å². The van der Waals surface area contributed by atoms with Crippen molar-refractivity contribution in [3.63, 3.8) is 0 Å². The first kappa shape index (κ1) is 17.3. The van der Waals surface area contributed by atoms with E-state index in [1.807, 2.05) is 25.1 Å². The van der Waals surface area contributed by atoms with Crippen LogP contribution in [0, 0.1) is 0 Å².